The van der Waals surface area contributed by atoms with Crippen molar-refractivity contribution >= 4 is 41.1 Å². The predicted octanol–water partition coefficient (Wildman–Crippen LogP) is 4.20. The van der Waals surface area contributed by atoms with Gasteiger partial charge in [0.1, 0.15) is 65.9 Å². The Kier molecular flexibility index (Phi) is 11.8. The maximum Gasteiger partial charge on any atom is 0.323 e. The molecule has 4 rings (SSSR count). The first-order valence-corrected chi connectivity index (χ1v) is 15.4. The highest BCUT2D eigenvalue weighted by Crippen LogP contribution is 2.37. The molecule has 3 atom stereocenters. The number of anilines is 1. The Morgan fingerprint density at radius 2 is 1.57 bits per heavy atom. The molecular weight excluding hydrogens is 646 g/mol. The van der Waals surface area contributed by atoms with Crippen LogP contribution < -0.4 is 21.9 Å². The minimum Gasteiger partial charge on any atom is -0.490 e. The number of nitrogens with zero attached hydrogens (tertiary/aromatic N) is 4. The molecule has 0 aliphatic rings. The smallest absolute Gasteiger partial charge is 0.323 e. The molecule has 0 bridgehead atoms. The van der Waals surface area contributed by atoms with Crippen molar-refractivity contribution in [3.05, 3.63) is 76.6 Å². The van der Waals surface area contributed by atoms with Crippen LogP contribution in [0.5, 0.6) is 5.75 Å². The van der Waals surface area contributed by atoms with Gasteiger partial charge in [-0.05, 0) is 55.8 Å². The number of rotatable bonds is 13. The molecule has 2 aromatic heterocycles. The number of benzene rings is 2. The van der Waals surface area contributed by atoms with Crippen molar-refractivity contribution in [2.45, 2.75) is 42.8 Å². The molecule has 0 spiro atoms. The number of nitrogens with two attached hydrogens (primary N) is 3. The zero-order chi connectivity index (χ0) is 34.1. The van der Waals surface area contributed by atoms with Crippen molar-refractivity contribution in [3.63, 3.8) is 0 Å². The average molecular weight is 676 g/mol. The van der Waals surface area contributed by atoms with Crippen LogP contribution in [-0.2, 0) is 24.8 Å². The summed E-state index contributed by atoms with van der Waals surface area (Å²) in [6.45, 7) is 2.47. The van der Waals surface area contributed by atoms with E-state index in [1.54, 1.807) is 48.5 Å². The van der Waals surface area contributed by atoms with Crippen LogP contribution in [0.1, 0.15) is 30.7 Å². The van der Waals surface area contributed by atoms with Gasteiger partial charge in [-0.1, -0.05) is 35.5 Å². The van der Waals surface area contributed by atoms with E-state index < -0.39 is 30.1 Å². The molecule has 0 amide bonds. The Bertz CT molecular complexity index is 1820. The van der Waals surface area contributed by atoms with Crippen LogP contribution >= 0.6 is 23.4 Å². The van der Waals surface area contributed by atoms with Crippen LogP contribution in [0.3, 0.4) is 0 Å². The van der Waals surface area contributed by atoms with E-state index in [1.807, 2.05) is 0 Å². The minimum atomic E-state index is -0.960. The van der Waals surface area contributed by atoms with E-state index >= 15 is 0 Å². The third kappa shape index (κ3) is 9.00. The second-order valence-corrected chi connectivity index (χ2v) is 11.6. The number of halogens is 1. The lowest BCUT2D eigenvalue weighted by Gasteiger charge is -2.20. The number of pyridine rings is 1. The molecule has 0 aliphatic heterocycles. The van der Waals surface area contributed by atoms with Gasteiger partial charge >= 0.3 is 11.9 Å². The van der Waals surface area contributed by atoms with Crippen molar-refractivity contribution in [2.24, 2.45) is 11.5 Å². The fourth-order valence-corrected chi connectivity index (χ4v) is 5.03. The predicted molar refractivity (Wildman–Crippen MR) is 174 cm³/mol. The maximum atomic E-state index is 12.1. The molecule has 2 heterocycles. The van der Waals surface area contributed by atoms with Gasteiger partial charge in [0, 0.05) is 21.9 Å². The van der Waals surface area contributed by atoms with Crippen LogP contribution in [-0.4, -0.2) is 53.3 Å². The molecule has 2 aromatic carbocycles. The molecule has 2 unspecified atom stereocenters. The molecule has 0 saturated carbocycles. The van der Waals surface area contributed by atoms with Gasteiger partial charge in [0.2, 0.25) is 5.89 Å². The Balaban J connectivity index is 1.52. The van der Waals surface area contributed by atoms with E-state index in [9.17, 15) is 20.1 Å². The highest BCUT2D eigenvalue weighted by atomic mass is 35.5. The van der Waals surface area contributed by atoms with Crippen molar-refractivity contribution in [1.82, 2.24) is 9.97 Å². The van der Waals surface area contributed by atoms with Gasteiger partial charge in [-0.2, -0.15) is 10.5 Å². The van der Waals surface area contributed by atoms with Gasteiger partial charge in [0.05, 0.1) is 11.3 Å². The number of hydrogen-bond donors (Lipinski definition) is 3. The molecule has 242 valence electrons. The zero-order valence-electron chi connectivity index (χ0n) is 25.3. The number of nitrogen functional groups attached to an aromatic ring is 1. The van der Waals surface area contributed by atoms with E-state index in [0.29, 0.717) is 44.3 Å². The van der Waals surface area contributed by atoms with Gasteiger partial charge in [0.15, 0.2) is 6.10 Å². The summed E-state index contributed by atoms with van der Waals surface area (Å²) in [5, 5.41) is 21.0. The molecule has 4 aromatic rings. The summed E-state index contributed by atoms with van der Waals surface area (Å²) in [5.41, 5.74) is 19.7. The molecule has 6 N–H and O–H groups in total. The second-order valence-electron chi connectivity index (χ2n) is 10.2. The molecule has 0 aliphatic carbocycles. The number of hydrogen-bond acceptors (Lipinski definition) is 14. The van der Waals surface area contributed by atoms with Gasteiger partial charge in [0.25, 0.3) is 0 Å². The number of nitriles is 2. The van der Waals surface area contributed by atoms with Crippen molar-refractivity contribution in [3.8, 4) is 40.5 Å². The summed E-state index contributed by atoms with van der Waals surface area (Å²) in [4.78, 5) is 32.7. The van der Waals surface area contributed by atoms with Crippen LogP contribution in [0.25, 0.3) is 22.6 Å². The summed E-state index contributed by atoms with van der Waals surface area (Å²) >= 11 is 7.19. The fourth-order valence-electron chi connectivity index (χ4n) is 4.03. The highest BCUT2D eigenvalue weighted by molar-refractivity contribution is 7.98. The fraction of sp³-hybridized carbons (Fsp3) is 0.250. The molecule has 0 radical (unpaired) electrons. The lowest BCUT2D eigenvalue weighted by molar-refractivity contribution is -0.162. The first-order chi connectivity index (χ1) is 22.5. The topological polar surface area (TPSA) is 226 Å². The van der Waals surface area contributed by atoms with E-state index in [0.717, 1.165) is 5.56 Å². The average Bonchev–Trinajstić information content (AvgIpc) is 3.54. The molecule has 13 nitrogen and oxygen atoms in total. The van der Waals surface area contributed by atoms with Gasteiger partial charge in [-0.25, -0.2) is 9.97 Å². The standard InChI is InChI=1S/C32H30ClN7O6S/c1-17(36)31(41)45-15-24(46-32(42)18(2)37)14-43-23-9-5-19(6-10-23)27-25(11-34)28(38)40-30(26(27)12-35)47-16-22-13-44-29(39-22)20-3-7-21(33)8-4-20/h3-10,13,17-18,24H,14-16,36-37H2,1-2H3,(H2,38,40)/t17?,18?,24-/m1/s1. The van der Waals surface area contributed by atoms with Crippen LogP contribution in [0.2, 0.25) is 5.02 Å². The number of oxazole rings is 1. The van der Waals surface area contributed by atoms with Gasteiger partial charge in [-0.15, -0.1) is 0 Å². The number of ether oxygens (including phenoxy) is 3. The summed E-state index contributed by atoms with van der Waals surface area (Å²) in [6, 6.07) is 16.0. The third-order valence-corrected chi connectivity index (χ3v) is 7.69. The Labute approximate surface area is 279 Å². The van der Waals surface area contributed by atoms with Crippen LogP contribution in [0.4, 0.5) is 5.82 Å². The summed E-state index contributed by atoms with van der Waals surface area (Å²) in [6.07, 6.45) is 0.554. The van der Waals surface area contributed by atoms with Crippen LogP contribution in [0, 0.1) is 22.7 Å². The van der Waals surface area contributed by atoms with E-state index in [1.165, 1.54) is 31.9 Å². The summed E-state index contributed by atoms with van der Waals surface area (Å²) in [5.74, 6) is -0.316. The monoisotopic (exact) mass is 675 g/mol. The molecule has 47 heavy (non-hydrogen) atoms. The number of carbonyl (C=O) groups excluding carboxylic acids is 2. The van der Waals surface area contributed by atoms with Crippen molar-refractivity contribution in [1.29, 1.82) is 10.5 Å². The summed E-state index contributed by atoms with van der Waals surface area (Å²) in [7, 11) is 0. The SMILES string of the molecule is CC(N)C(=O)OC[C@@H](COc1ccc(-c2c(C#N)c(N)nc(SCc3coc(-c4ccc(Cl)cc4)n3)c2C#N)cc1)OC(=O)C(C)N. The number of esters is 2. The number of thioether (sulfide) groups is 1. The molecule has 0 saturated heterocycles. The number of carbonyl (C=O) groups is 2. The second kappa shape index (κ2) is 15.9. The lowest BCUT2D eigenvalue weighted by Crippen LogP contribution is -2.38. The molecule has 15 heteroatoms. The van der Waals surface area contributed by atoms with Gasteiger partial charge < -0.3 is 35.8 Å². The minimum absolute atomic E-state index is 0.0357. The van der Waals surface area contributed by atoms with E-state index in [2.05, 4.69) is 22.1 Å². The first kappa shape index (κ1) is 34.7. The molecule has 0 fully saturated rings. The third-order valence-electron chi connectivity index (χ3n) is 6.43. The first-order valence-electron chi connectivity index (χ1n) is 14.1. The zero-order valence-corrected chi connectivity index (χ0v) is 26.9. The van der Waals surface area contributed by atoms with Gasteiger partial charge in [-0.3, -0.25) is 9.59 Å². The van der Waals surface area contributed by atoms with Crippen molar-refractivity contribution in [2.75, 3.05) is 18.9 Å². The quantitative estimate of drug-likeness (QED) is 0.133. The Morgan fingerprint density at radius 1 is 0.936 bits per heavy atom. The Morgan fingerprint density at radius 3 is 2.19 bits per heavy atom. The lowest BCUT2D eigenvalue weighted by atomic mass is 9.97. The van der Waals surface area contributed by atoms with Crippen molar-refractivity contribution < 1.29 is 28.2 Å². The number of aromatic nitrogens is 2. The Hall–Kier alpha value is -5.12. The molecular formula is C32H30ClN7O6S. The highest BCUT2D eigenvalue weighted by Gasteiger charge is 2.23. The maximum absolute atomic E-state index is 12.1. The van der Waals surface area contributed by atoms with Crippen LogP contribution in [0.15, 0.2) is 64.2 Å². The normalized spacial score (nSPS) is 12.7. The summed E-state index contributed by atoms with van der Waals surface area (Å²) < 4.78 is 21.8. The van der Waals surface area contributed by atoms with E-state index in [4.69, 9.17) is 47.4 Å². The largest absolute Gasteiger partial charge is 0.490 e. The van der Waals surface area contributed by atoms with E-state index in [-0.39, 0.29) is 30.2 Å².